The van der Waals surface area contributed by atoms with Gasteiger partial charge in [-0.3, -0.25) is 9.13 Å². The highest BCUT2D eigenvalue weighted by molar-refractivity contribution is 7.53. The Morgan fingerprint density at radius 2 is 1.43 bits per heavy atom. The molecule has 7 nitrogen and oxygen atoms in total. The number of rotatable bonds is 5. The summed E-state index contributed by atoms with van der Waals surface area (Å²) in [4.78, 5) is 34.4. The zero-order valence-corrected chi connectivity index (χ0v) is 9.06. The van der Waals surface area contributed by atoms with Crippen LogP contribution in [0.3, 0.4) is 0 Å². The molecule has 0 heterocycles. The highest BCUT2D eigenvalue weighted by Gasteiger charge is 2.22. The lowest BCUT2D eigenvalue weighted by atomic mass is 10.3. The number of allylic oxidation sites excluding steroid dienone is 1. The zero-order valence-electron chi connectivity index (χ0n) is 7.28. The molecule has 0 aliphatic rings. The van der Waals surface area contributed by atoms with Gasteiger partial charge in [0, 0.05) is 6.54 Å². The highest BCUT2D eigenvalue weighted by Crippen LogP contribution is 2.42. The first-order valence-electron chi connectivity index (χ1n) is 3.61. The second-order valence-electron chi connectivity index (χ2n) is 2.74. The van der Waals surface area contributed by atoms with Gasteiger partial charge in [-0.1, -0.05) is 6.08 Å². The normalized spacial score (nSPS) is 12.6. The summed E-state index contributed by atoms with van der Waals surface area (Å²) in [6.07, 6.45) is -0.136. The van der Waals surface area contributed by atoms with Crippen LogP contribution >= 0.6 is 15.2 Å². The fourth-order valence-electron chi connectivity index (χ4n) is 0.875. The molecule has 0 rings (SSSR count). The molecule has 9 heteroatoms. The zero-order chi connectivity index (χ0) is 11.4. The van der Waals surface area contributed by atoms with Gasteiger partial charge in [0.05, 0.1) is 12.3 Å². The van der Waals surface area contributed by atoms with Gasteiger partial charge in [-0.05, 0) is 5.57 Å². The fourth-order valence-corrected chi connectivity index (χ4v) is 2.59. The number of hydrogen-bond donors (Lipinski definition) is 5. The van der Waals surface area contributed by atoms with Crippen molar-refractivity contribution in [2.24, 2.45) is 5.73 Å². The van der Waals surface area contributed by atoms with Crippen molar-refractivity contribution < 1.29 is 28.7 Å². The molecule has 0 atom stereocenters. The van der Waals surface area contributed by atoms with Crippen molar-refractivity contribution in [2.45, 2.75) is 0 Å². The van der Waals surface area contributed by atoms with Gasteiger partial charge < -0.3 is 25.3 Å². The molecule has 0 spiro atoms. The molecule has 0 saturated carbocycles. The van der Waals surface area contributed by atoms with E-state index in [-0.39, 0.29) is 12.1 Å². The average Bonchev–Trinajstić information content (AvgIpc) is 1.78. The van der Waals surface area contributed by atoms with Crippen LogP contribution in [0.1, 0.15) is 0 Å². The van der Waals surface area contributed by atoms with E-state index < -0.39 is 27.5 Å². The molecule has 6 N–H and O–H groups in total. The van der Waals surface area contributed by atoms with E-state index in [9.17, 15) is 9.13 Å². The van der Waals surface area contributed by atoms with Gasteiger partial charge in [-0.2, -0.15) is 0 Å². The Morgan fingerprint density at radius 3 is 1.64 bits per heavy atom. The molecule has 0 saturated heterocycles. The minimum absolute atomic E-state index is 0.0185. The van der Waals surface area contributed by atoms with Crippen LogP contribution in [0.15, 0.2) is 11.6 Å². The SMILES string of the molecule is NCC=C(CP(=O)(O)O)CP(=O)(O)O. The standard InChI is InChI=1S/C5H13NO6P2/c6-2-1-5(3-13(7,8)9)4-14(10,11)12/h1H,2-4,6H2,(H2,7,8,9)(H2,10,11,12). The fraction of sp³-hybridized carbons (Fsp3) is 0.600. The van der Waals surface area contributed by atoms with Crippen LogP contribution in [0.4, 0.5) is 0 Å². The predicted molar refractivity (Wildman–Crippen MR) is 51.0 cm³/mol. The van der Waals surface area contributed by atoms with Crippen molar-refractivity contribution in [3.63, 3.8) is 0 Å². The van der Waals surface area contributed by atoms with Gasteiger partial charge in [-0.15, -0.1) is 0 Å². The summed E-state index contributed by atoms with van der Waals surface area (Å²) in [6.45, 7) is -0.0185. The van der Waals surface area contributed by atoms with Crippen LogP contribution in [0.25, 0.3) is 0 Å². The smallest absolute Gasteiger partial charge is 0.327 e. The lowest BCUT2D eigenvalue weighted by Crippen LogP contribution is -2.04. The van der Waals surface area contributed by atoms with Gasteiger partial charge in [0.25, 0.3) is 0 Å². The molecular weight excluding hydrogens is 232 g/mol. The van der Waals surface area contributed by atoms with Gasteiger partial charge in [0.15, 0.2) is 0 Å². The van der Waals surface area contributed by atoms with Crippen LogP contribution in [0.5, 0.6) is 0 Å². The summed E-state index contributed by atoms with van der Waals surface area (Å²) in [7, 11) is -8.61. The van der Waals surface area contributed by atoms with Gasteiger partial charge >= 0.3 is 15.2 Å². The van der Waals surface area contributed by atoms with Crippen LogP contribution < -0.4 is 5.73 Å². The van der Waals surface area contributed by atoms with Crippen LogP contribution in [-0.4, -0.2) is 38.4 Å². The Kier molecular flexibility index (Phi) is 5.19. The van der Waals surface area contributed by atoms with Crippen molar-refractivity contribution in [3.05, 3.63) is 11.6 Å². The average molecular weight is 245 g/mol. The molecule has 0 aromatic rings. The molecule has 0 bridgehead atoms. The highest BCUT2D eigenvalue weighted by atomic mass is 31.2. The third-order valence-corrected chi connectivity index (χ3v) is 2.86. The molecule has 0 aromatic carbocycles. The van der Waals surface area contributed by atoms with Crippen LogP contribution in [0, 0.1) is 0 Å². The van der Waals surface area contributed by atoms with Crippen molar-refractivity contribution in [1.29, 1.82) is 0 Å². The predicted octanol–water partition coefficient (Wildman–Crippen LogP) is -0.773. The maximum atomic E-state index is 10.6. The Labute approximate surface area is 81.0 Å². The molecule has 14 heavy (non-hydrogen) atoms. The molecule has 0 amide bonds. The quantitative estimate of drug-likeness (QED) is 0.316. The second kappa shape index (κ2) is 5.19. The van der Waals surface area contributed by atoms with E-state index in [0.717, 1.165) is 0 Å². The first-order valence-corrected chi connectivity index (χ1v) is 7.21. The van der Waals surface area contributed by atoms with E-state index in [4.69, 9.17) is 25.3 Å². The first-order chi connectivity index (χ1) is 6.14. The van der Waals surface area contributed by atoms with Crippen LogP contribution in [0.2, 0.25) is 0 Å². The molecule has 0 aliphatic heterocycles. The van der Waals surface area contributed by atoms with Gasteiger partial charge in [-0.25, -0.2) is 0 Å². The minimum atomic E-state index is -4.30. The van der Waals surface area contributed by atoms with Crippen molar-refractivity contribution in [2.75, 3.05) is 18.9 Å². The molecule has 0 fully saturated rings. The van der Waals surface area contributed by atoms with E-state index in [2.05, 4.69) is 0 Å². The molecule has 0 aliphatic carbocycles. The van der Waals surface area contributed by atoms with E-state index in [0.29, 0.717) is 0 Å². The van der Waals surface area contributed by atoms with E-state index in [1.165, 1.54) is 6.08 Å². The third-order valence-electron chi connectivity index (χ3n) is 1.22. The lowest BCUT2D eigenvalue weighted by Gasteiger charge is -2.09. The van der Waals surface area contributed by atoms with Gasteiger partial charge in [0.2, 0.25) is 0 Å². The third kappa shape index (κ3) is 8.59. The first kappa shape index (κ1) is 14.0. The maximum Gasteiger partial charge on any atom is 0.329 e. The van der Waals surface area contributed by atoms with E-state index in [1.807, 2.05) is 0 Å². The Morgan fingerprint density at radius 1 is 1.07 bits per heavy atom. The maximum absolute atomic E-state index is 10.6. The molecule has 84 valence electrons. The largest absolute Gasteiger partial charge is 0.329 e. The summed E-state index contributed by atoms with van der Waals surface area (Å²) in [6, 6.07) is 0. The second-order valence-corrected chi connectivity index (χ2v) is 6.03. The van der Waals surface area contributed by atoms with Gasteiger partial charge in [0.1, 0.15) is 0 Å². The Hall–Kier alpha value is -0.0000000000000000971. The summed E-state index contributed by atoms with van der Waals surface area (Å²) < 4.78 is 21.1. The van der Waals surface area contributed by atoms with Crippen molar-refractivity contribution in [1.82, 2.24) is 0 Å². The number of nitrogens with two attached hydrogens (primary N) is 1. The molecule has 0 unspecified atom stereocenters. The number of hydrogen-bond acceptors (Lipinski definition) is 3. The molecule has 0 aromatic heterocycles. The summed E-state index contributed by atoms with van der Waals surface area (Å²) in [5, 5.41) is 0. The molecular formula is C5H13NO6P2. The lowest BCUT2D eigenvalue weighted by molar-refractivity contribution is 0.373. The topological polar surface area (TPSA) is 141 Å². The summed E-state index contributed by atoms with van der Waals surface area (Å²) in [5.41, 5.74) is 5.07. The summed E-state index contributed by atoms with van der Waals surface area (Å²) >= 11 is 0. The minimum Gasteiger partial charge on any atom is -0.327 e. The van der Waals surface area contributed by atoms with Crippen molar-refractivity contribution in [3.8, 4) is 0 Å². The van der Waals surface area contributed by atoms with E-state index >= 15 is 0 Å². The van der Waals surface area contributed by atoms with Crippen molar-refractivity contribution >= 4 is 15.2 Å². The molecule has 0 radical (unpaired) electrons. The van der Waals surface area contributed by atoms with E-state index in [1.54, 1.807) is 0 Å². The monoisotopic (exact) mass is 245 g/mol. The summed E-state index contributed by atoms with van der Waals surface area (Å²) in [5.74, 6) is 0. The Bertz CT molecular complexity index is 275. The van der Waals surface area contributed by atoms with Crippen LogP contribution in [-0.2, 0) is 9.13 Å². The Balaban J connectivity index is 4.57.